The number of ether oxygens (including phenoxy) is 2. The molecule has 1 atom stereocenters. The third-order valence-corrected chi connectivity index (χ3v) is 3.86. The van der Waals surface area contributed by atoms with E-state index in [1.54, 1.807) is 0 Å². The molecule has 0 amide bonds. The Bertz CT molecular complexity index is 383. The van der Waals surface area contributed by atoms with E-state index in [2.05, 4.69) is 4.98 Å². The van der Waals surface area contributed by atoms with Crippen LogP contribution in [0.3, 0.4) is 0 Å². The first kappa shape index (κ1) is 11.5. The predicted octanol–water partition coefficient (Wildman–Crippen LogP) is 1.82. The Labute approximate surface area is 98.6 Å². The molecule has 4 nitrogen and oxygen atoms in total. The van der Waals surface area contributed by atoms with Gasteiger partial charge in [0.2, 0.25) is 0 Å². The van der Waals surface area contributed by atoms with Gasteiger partial charge in [0.25, 0.3) is 0 Å². The van der Waals surface area contributed by atoms with E-state index < -0.39 is 0 Å². The first-order valence-electron chi connectivity index (χ1n) is 5.33. The SMILES string of the molecule is COC(=O)c1sc(CC2CCOC2)nc1C. The maximum absolute atomic E-state index is 11.4. The van der Waals surface area contributed by atoms with Crippen molar-refractivity contribution in [2.75, 3.05) is 20.3 Å². The first-order valence-corrected chi connectivity index (χ1v) is 6.14. The van der Waals surface area contributed by atoms with Crippen LogP contribution in [0.15, 0.2) is 0 Å². The average Bonchev–Trinajstić information content (AvgIpc) is 2.88. The molecule has 0 bridgehead atoms. The van der Waals surface area contributed by atoms with Crippen molar-refractivity contribution in [1.82, 2.24) is 4.98 Å². The molecule has 1 fully saturated rings. The van der Waals surface area contributed by atoms with Gasteiger partial charge in [0, 0.05) is 19.6 Å². The van der Waals surface area contributed by atoms with Gasteiger partial charge in [-0.25, -0.2) is 9.78 Å². The molecule has 1 aromatic rings. The number of aromatic nitrogens is 1. The maximum Gasteiger partial charge on any atom is 0.349 e. The van der Waals surface area contributed by atoms with Crippen molar-refractivity contribution in [1.29, 1.82) is 0 Å². The number of hydrogen-bond donors (Lipinski definition) is 0. The molecular weight excluding hydrogens is 226 g/mol. The topological polar surface area (TPSA) is 48.4 Å². The second-order valence-electron chi connectivity index (χ2n) is 3.95. The van der Waals surface area contributed by atoms with Gasteiger partial charge in [-0.2, -0.15) is 0 Å². The summed E-state index contributed by atoms with van der Waals surface area (Å²) in [5.41, 5.74) is 0.769. The van der Waals surface area contributed by atoms with E-state index in [0.717, 1.165) is 36.8 Å². The van der Waals surface area contributed by atoms with Crippen LogP contribution in [0.25, 0.3) is 0 Å². The van der Waals surface area contributed by atoms with Crippen LogP contribution in [0.5, 0.6) is 0 Å². The Morgan fingerprint density at radius 1 is 1.69 bits per heavy atom. The minimum Gasteiger partial charge on any atom is -0.465 e. The van der Waals surface area contributed by atoms with Gasteiger partial charge in [0.05, 0.1) is 17.8 Å². The predicted molar refractivity (Wildman–Crippen MR) is 60.8 cm³/mol. The molecule has 2 heterocycles. The maximum atomic E-state index is 11.4. The number of methoxy groups -OCH3 is 1. The van der Waals surface area contributed by atoms with Gasteiger partial charge in [-0.1, -0.05) is 0 Å². The number of esters is 1. The molecule has 0 radical (unpaired) electrons. The quantitative estimate of drug-likeness (QED) is 0.757. The Morgan fingerprint density at radius 3 is 3.12 bits per heavy atom. The van der Waals surface area contributed by atoms with E-state index in [9.17, 15) is 4.79 Å². The zero-order chi connectivity index (χ0) is 11.5. The summed E-state index contributed by atoms with van der Waals surface area (Å²) in [6, 6.07) is 0. The number of rotatable bonds is 3. The molecule has 88 valence electrons. The standard InChI is InChI=1S/C11H15NO3S/c1-7-10(11(13)14-2)16-9(12-7)5-8-3-4-15-6-8/h8H,3-6H2,1-2H3. The highest BCUT2D eigenvalue weighted by atomic mass is 32.1. The van der Waals surface area contributed by atoms with Crippen molar-refractivity contribution in [3.05, 3.63) is 15.6 Å². The molecule has 0 spiro atoms. The van der Waals surface area contributed by atoms with Gasteiger partial charge in [-0.05, 0) is 19.3 Å². The van der Waals surface area contributed by atoms with E-state index in [0.29, 0.717) is 10.8 Å². The van der Waals surface area contributed by atoms with Gasteiger partial charge in [-0.3, -0.25) is 0 Å². The van der Waals surface area contributed by atoms with Crippen LogP contribution in [0.1, 0.15) is 26.8 Å². The summed E-state index contributed by atoms with van der Waals surface area (Å²) in [4.78, 5) is 16.4. The molecule has 1 unspecified atom stereocenters. The molecule has 16 heavy (non-hydrogen) atoms. The van der Waals surface area contributed by atoms with Crippen LogP contribution in [-0.2, 0) is 15.9 Å². The number of carbonyl (C=O) groups excluding carboxylic acids is 1. The molecule has 2 rings (SSSR count). The van der Waals surface area contributed by atoms with Gasteiger partial charge in [-0.15, -0.1) is 11.3 Å². The fourth-order valence-electron chi connectivity index (χ4n) is 1.81. The van der Waals surface area contributed by atoms with Gasteiger partial charge in [0.15, 0.2) is 0 Å². The molecule has 1 aromatic heterocycles. The average molecular weight is 241 g/mol. The highest BCUT2D eigenvalue weighted by Gasteiger charge is 2.20. The van der Waals surface area contributed by atoms with Crippen LogP contribution < -0.4 is 0 Å². The molecule has 0 N–H and O–H groups in total. The minimum atomic E-state index is -0.288. The number of nitrogens with zero attached hydrogens (tertiary/aromatic N) is 1. The Hall–Kier alpha value is -0.940. The van der Waals surface area contributed by atoms with Crippen LogP contribution in [0, 0.1) is 12.8 Å². The fraction of sp³-hybridized carbons (Fsp3) is 0.636. The van der Waals surface area contributed by atoms with Crippen LogP contribution in [0.2, 0.25) is 0 Å². The lowest BCUT2D eigenvalue weighted by Gasteiger charge is -2.02. The zero-order valence-electron chi connectivity index (χ0n) is 9.49. The molecule has 1 aliphatic heterocycles. The Morgan fingerprint density at radius 2 is 2.50 bits per heavy atom. The van der Waals surface area contributed by atoms with Gasteiger partial charge in [0.1, 0.15) is 4.88 Å². The lowest BCUT2D eigenvalue weighted by Crippen LogP contribution is -2.02. The number of hydrogen-bond acceptors (Lipinski definition) is 5. The molecular formula is C11H15NO3S. The van der Waals surface area contributed by atoms with Crippen molar-refractivity contribution in [3.63, 3.8) is 0 Å². The number of aryl methyl sites for hydroxylation is 1. The van der Waals surface area contributed by atoms with Crippen molar-refractivity contribution in [2.45, 2.75) is 19.8 Å². The second-order valence-corrected chi connectivity index (χ2v) is 5.03. The number of carbonyl (C=O) groups is 1. The van der Waals surface area contributed by atoms with E-state index in [1.807, 2.05) is 6.92 Å². The summed E-state index contributed by atoms with van der Waals surface area (Å²) < 4.78 is 10.0. The van der Waals surface area contributed by atoms with E-state index in [4.69, 9.17) is 9.47 Å². The van der Waals surface area contributed by atoms with Crippen LogP contribution >= 0.6 is 11.3 Å². The second kappa shape index (κ2) is 4.93. The molecule has 1 aliphatic rings. The van der Waals surface area contributed by atoms with Crippen molar-refractivity contribution < 1.29 is 14.3 Å². The Balaban J connectivity index is 2.07. The minimum absolute atomic E-state index is 0.288. The third kappa shape index (κ3) is 2.41. The van der Waals surface area contributed by atoms with Crippen molar-refractivity contribution >= 4 is 17.3 Å². The summed E-state index contributed by atoms with van der Waals surface area (Å²) in [5, 5.41) is 1.01. The normalized spacial score (nSPS) is 20.0. The van der Waals surface area contributed by atoms with Crippen LogP contribution in [-0.4, -0.2) is 31.3 Å². The fourth-order valence-corrected chi connectivity index (χ4v) is 2.91. The summed E-state index contributed by atoms with van der Waals surface area (Å²) in [6.45, 7) is 3.50. The molecule has 0 aliphatic carbocycles. The van der Waals surface area contributed by atoms with E-state index >= 15 is 0 Å². The lowest BCUT2D eigenvalue weighted by atomic mass is 10.1. The molecule has 0 saturated carbocycles. The molecule has 0 aromatic carbocycles. The highest BCUT2D eigenvalue weighted by molar-refractivity contribution is 7.13. The zero-order valence-corrected chi connectivity index (χ0v) is 10.3. The largest absolute Gasteiger partial charge is 0.465 e. The summed E-state index contributed by atoms with van der Waals surface area (Å²) in [5.74, 6) is 0.264. The summed E-state index contributed by atoms with van der Waals surface area (Å²) >= 11 is 1.44. The monoisotopic (exact) mass is 241 g/mol. The van der Waals surface area contributed by atoms with E-state index in [1.165, 1.54) is 18.4 Å². The smallest absolute Gasteiger partial charge is 0.349 e. The summed E-state index contributed by atoms with van der Waals surface area (Å²) in [7, 11) is 1.39. The van der Waals surface area contributed by atoms with Gasteiger partial charge >= 0.3 is 5.97 Å². The number of thiazole rings is 1. The van der Waals surface area contributed by atoms with Crippen molar-refractivity contribution in [2.24, 2.45) is 5.92 Å². The summed E-state index contributed by atoms with van der Waals surface area (Å²) in [6.07, 6.45) is 1.99. The van der Waals surface area contributed by atoms with E-state index in [-0.39, 0.29) is 5.97 Å². The first-order chi connectivity index (χ1) is 7.70. The van der Waals surface area contributed by atoms with Gasteiger partial charge < -0.3 is 9.47 Å². The highest BCUT2D eigenvalue weighted by Crippen LogP contribution is 2.24. The Kier molecular flexibility index (Phi) is 3.56. The third-order valence-electron chi connectivity index (χ3n) is 2.70. The molecule has 1 saturated heterocycles. The van der Waals surface area contributed by atoms with Crippen molar-refractivity contribution in [3.8, 4) is 0 Å². The van der Waals surface area contributed by atoms with Crippen LogP contribution in [0.4, 0.5) is 0 Å². The lowest BCUT2D eigenvalue weighted by molar-refractivity contribution is 0.0605. The molecule has 5 heteroatoms.